The molecule has 4 unspecified atom stereocenters. The Balaban J connectivity index is 1.60. The van der Waals surface area contributed by atoms with E-state index in [-0.39, 0.29) is 0 Å². The first-order valence-corrected chi connectivity index (χ1v) is 13.6. The summed E-state index contributed by atoms with van der Waals surface area (Å²) in [6.07, 6.45) is 4.81. The van der Waals surface area contributed by atoms with Gasteiger partial charge < -0.3 is 19.7 Å². The fourth-order valence-corrected chi connectivity index (χ4v) is 6.30. The summed E-state index contributed by atoms with van der Waals surface area (Å²) in [5, 5.41) is 21.6. The number of hydrogen-bond acceptors (Lipinski definition) is 6. The van der Waals surface area contributed by atoms with Gasteiger partial charge in [0.05, 0.1) is 23.7 Å². The average molecular weight is 533 g/mol. The Kier molecular flexibility index (Phi) is 7.55. The lowest BCUT2D eigenvalue weighted by atomic mass is 9.79. The van der Waals surface area contributed by atoms with Crippen molar-refractivity contribution in [3.05, 3.63) is 48.0 Å². The predicted octanol–water partition coefficient (Wildman–Crippen LogP) is 5.89. The molecule has 4 atom stereocenters. The van der Waals surface area contributed by atoms with Crippen LogP contribution in [0.25, 0.3) is 21.5 Å². The minimum absolute atomic E-state index is 0.296. The highest BCUT2D eigenvalue weighted by atomic mass is 16.5. The van der Waals surface area contributed by atoms with Gasteiger partial charge in [-0.3, -0.25) is 19.2 Å². The Morgan fingerprint density at radius 1 is 0.615 bits per heavy atom. The highest BCUT2D eigenvalue weighted by molar-refractivity contribution is 6.14. The number of esters is 2. The molecule has 39 heavy (non-hydrogen) atoms. The summed E-state index contributed by atoms with van der Waals surface area (Å²) in [6.45, 7) is 1.86. The fourth-order valence-electron chi connectivity index (χ4n) is 6.30. The molecule has 0 bridgehead atoms. The third-order valence-electron chi connectivity index (χ3n) is 8.34. The second-order valence-electron chi connectivity index (χ2n) is 10.7. The molecule has 204 valence electrons. The van der Waals surface area contributed by atoms with Crippen LogP contribution in [-0.2, 0) is 19.2 Å². The van der Waals surface area contributed by atoms with E-state index in [9.17, 15) is 29.4 Å². The second-order valence-corrected chi connectivity index (χ2v) is 10.7. The maximum atomic E-state index is 13.4. The first-order chi connectivity index (χ1) is 18.8. The molecule has 3 aromatic rings. The number of hydrogen-bond donors (Lipinski definition) is 2. The Morgan fingerprint density at radius 2 is 1.05 bits per heavy atom. The molecule has 2 saturated carbocycles. The monoisotopic (exact) mass is 532 g/mol. The van der Waals surface area contributed by atoms with Gasteiger partial charge in [0.25, 0.3) is 0 Å². The molecule has 5 rings (SSSR count). The Labute approximate surface area is 225 Å². The van der Waals surface area contributed by atoms with Gasteiger partial charge in [-0.05, 0) is 38.2 Å². The summed E-state index contributed by atoms with van der Waals surface area (Å²) < 4.78 is 12.1. The molecule has 3 aromatic carbocycles. The van der Waals surface area contributed by atoms with Crippen molar-refractivity contribution in [3.63, 3.8) is 0 Å². The minimum Gasteiger partial charge on any atom is -0.481 e. The van der Waals surface area contributed by atoms with Crippen LogP contribution >= 0.6 is 0 Å². The maximum Gasteiger partial charge on any atom is 0.315 e. The predicted molar refractivity (Wildman–Crippen MR) is 144 cm³/mol. The van der Waals surface area contributed by atoms with Gasteiger partial charge in [-0.25, -0.2) is 0 Å². The molecule has 0 saturated heterocycles. The van der Waals surface area contributed by atoms with Crippen molar-refractivity contribution in [1.29, 1.82) is 0 Å². The van der Waals surface area contributed by atoms with E-state index in [0.29, 0.717) is 58.7 Å². The Bertz CT molecular complexity index is 1460. The zero-order chi connectivity index (χ0) is 27.7. The first kappa shape index (κ1) is 26.7. The van der Waals surface area contributed by atoms with Gasteiger partial charge in [-0.2, -0.15) is 0 Å². The number of aryl methyl sites for hydroxylation is 1. The molecule has 0 amide bonds. The number of benzene rings is 3. The van der Waals surface area contributed by atoms with E-state index in [0.717, 1.165) is 31.2 Å². The van der Waals surface area contributed by atoms with Gasteiger partial charge in [0.15, 0.2) is 0 Å². The minimum atomic E-state index is -0.994. The van der Waals surface area contributed by atoms with Crippen molar-refractivity contribution in [3.8, 4) is 11.5 Å². The van der Waals surface area contributed by atoms with Crippen LogP contribution in [0.2, 0.25) is 0 Å². The Morgan fingerprint density at radius 3 is 1.56 bits per heavy atom. The van der Waals surface area contributed by atoms with Gasteiger partial charge in [-0.1, -0.05) is 68.1 Å². The lowest BCUT2D eigenvalue weighted by molar-refractivity contribution is -0.154. The second kappa shape index (κ2) is 11.0. The van der Waals surface area contributed by atoms with E-state index >= 15 is 0 Å². The van der Waals surface area contributed by atoms with Crippen LogP contribution in [0.1, 0.15) is 56.9 Å². The van der Waals surface area contributed by atoms with Crippen LogP contribution in [-0.4, -0.2) is 34.1 Å². The van der Waals surface area contributed by atoms with Crippen LogP contribution in [0, 0.1) is 30.6 Å². The quantitative estimate of drug-likeness (QED) is 0.228. The molecule has 2 N–H and O–H groups in total. The van der Waals surface area contributed by atoms with Crippen LogP contribution in [0.4, 0.5) is 0 Å². The highest BCUT2D eigenvalue weighted by Crippen LogP contribution is 2.45. The summed E-state index contributed by atoms with van der Waals surface area (Å²) in [4.78, 5) is 50.5. The van der Waals surface area contributed by atoms with Crippen LogP contribution in [0.3, 0.4) is 0 Å². The standard InChI is InChI=1S/C31H32O8/c1-17-9-8-16-24-25(17)27(39-31(37)23-15-7-5-13-21(23)29(34)35)19-11-3-2-10-18(19)26(24)38-30(36)22-14-6-4-12-20(22)28(32)33/h2-3,8-11,16,20-23H,4-7,12-15H2,1H3,(H,32,33)(H,34,35). The summed E-state index contributed by atoms with van der Waals surface area (Å²) >= 11 is 0. The Hall–Kier alpha value is -3.94. The van der Waals surface area contributed by atoms with Crippen LogP contribution < -0.4 is 9.47 Å². The molecular formula is C31H32O8. The number of carboxylic acids is 2. The maximum absolute atomic E-state index is 13.4. The average Bonchev–Trinajstić information content (AvgIpc) is 2.94. The van der Waals surface area contributed by atoms with Crippen LogP contribution in [0.15, 0.2) is 42.5 Å². The summed E-state index contributed by atoms with van der Waals surface area (Å²) in [5.74, 6) is -5.61. The molecule has 0 heterocycles. The number of rotatable bonds is 6. The molecular weight excluding hydrogens is 500 g/mol. The molecule has 2 fully saturated rings. The zero-order valence-corrected chi connectivity index (χ0v) is 21.9. The molecule has 2 aliphatic carbocycles. The molecule has 0 spiro atoms. The number of ether oxygens (including phenoxy) is 2. The van der Waals surface area contributed by atoms with Crippen molar-refractivity contribution >= 4 is 45.4 Å². The summed E-state index contributed by atoms with van der Waals surface area (Å²) in [5.41, 5.74) is 0.790. The van der Waals surface area contributed by atoms with Gasteiger partial charge >= 0.3 is 23.9 Å². The SMILES string of the molecule is Cc1cccc2c(OC(=O)C3CCCCC3C(=O)O)c3ccccc3c(OC(=O)C3CCCCC3C(=O)O)c12. The topological polar surface area (TPSA) is 127 Å². The van der Waals surface area contributed by atoms with Crippen molar-refractivity contribution in [2.75, 3.05) is 0 Å². The van der Waals surface area contributed by atoms with Crippen molar-refractivity contribution in [2.45, 2.75) is 58.3 Å². The van der Waals surface area contributed by atoms with Gasteiger partial charge in [-0.15, -0.1) is 0 Å². The van der Waals surface area contributed by atoms with Crippen molar-refractivity contribution < 1.29 is 38.9 Å². The fraction of sp³-hybridized carbons (Fsp3) is 0.419. The van der Waals surface area contributed by atoms with Gasteiger partial charge in [0, 0.05) is 21.5 Å². The number of aliphatic carboxylic acids is 2. The zero-order valence-electron chi connectivity index (χ0n) is 21.9. The van der Waals surface area contributed by atoms with E-state index in [4.69, 9.17) is 9.47 Å². The number of fused-ring (bicyclic) bond motifs is 2. The van der Waals surface area contributed by atoms with Crippen molar-refractivity contribution in [2.24, 2.45) is 23.7 Å². The van der Waals surface area contributed by atoms with Crippen molar-refractivity contribution in [1.82, 2.24) is 0 Å². The van der Waals surface area contributed by atoms with E-state index in [2.05, 4.69) is 0 Å². The molecule has 8 heteroatoms. The first-order valence-electron chi connectivity index (χ1n) is 13.6. The molecule has 8 nitrogen and oxygen atoms in total. The molecule has 0 aromatic heterocycles. The lowest BCUT2D eigenvalue weighted by Gasteiger charge is -2.28. The van der Waals surface area contributed by atoms with Gasteiger partial charge in [0.1, 0.15) is 11.5 Å². The highest BCUT2D eigenvalue weighted by Gasteiger charge is 2.39. The molecule has 0 aliphatic heterocycles. The molecule has 2 aliphatic rings. The van der Waals surface area contributed by atoms with E-state index in [1.807, 2.05) is 19.1 Å². The van der Waals surface area contributed by atoms with Gasteiger partial charge in [0.2, 0.25) is 0 Å². The third-order valence-corrected chi connectivity index (χ3v) is 8.34. The molecule has 0 radical (unpaired) electrons. The smallest absolute Gasteiger partial charge is 0.315 e. The normalized spacial score (nSPS) is 23.3. The lowest BCUT2D eigenvalue weighted by Crippen LogP contribution is -2.35. The van der Waals surface area contributed by atoms with Crippen LogP contribution in [0.5, 0.6) is 11.5 Å². The van der Waals surface area contributed by atoms with E-state index in [1.165, 1.54) is 0 Å². The number of carbonyl (C=O) groups excluding carboxylic acids is 2. The summed E-state index contributed by atoms with van der Waals surface area (Å²) in [6, 6.07) is 12.6. The van der Waals surface area contributed by atoms with E-state index < -0.39 is 47.5 Å². The number of carbonyl (C=O) groups is 4. The number of carboxylic acid groups (broad SMARTS) is 2. The van der Waals surface area contributed by atoms with E-state index in [1.54, 1.807) is 30.3 Å². The third kappa shape index (κ3) is 5.07. The largest absolute Gasteiger partial charge is 0.481 e. The summed E-state index contributed by atoms with van der Waals surface area (Å²) in [7, 11) is 0.